The summed E-state index contributed by atoms with van der Waals surface area (Å²) in [6.07, 6.45) is 4.31. The molecule has 6 unspecified atom stereocenters. The first-order valence-corrected chi connectivity index (χ1v) is 11.0. The highest BCUT2D eigenvalue weighted by atomic mass is 16.6. The fourth-order valence-corrected chi connectivity index (χ4v) is 6.09. The van der Waals surface area contributed by atoms with Crippen molar-refractivity contribution in [3.8, 4) is 0 Å². The maximum absolute atomic E-state index is 12.2. The Balaban J connectivity index is 1.87. The number of aliphatic hydroxyl groups excluding tert-OH is 1. The molecule has 2 saturated carbocycles. The van der Waals surface area contributed by atoms with Gasteiger partial charge in [0.05, 0.1) is 18.3 Å². The third-order valence-electron chi connectivity index (χ3n) is 7.77. The number of esters is 3. The van der Waals surface area contributed by atoms with Crippen LogP contribution in [-0.4, -0.2) is 48.4 Å². The predicted octanol–water partition coefficient (Wildman–Crippen LogP) is 3.10. The van der Waals surface area contributed by atoms with E-state index >= 15 is 0 Å². The van der Waals surface area contributed by atoms with Gasteiger partial charge in [0.1, 0.15) is 6.61 Å². The summed E-state index contributed by atoms with van der Waals surface area (Å²) in [5.74, 6) is -1.02. The van der Waals surface area contributed by atoms with Gasteiger partial charge in [-0.2, -0.15) is 0 Å². The van der Waals surface area contributed by atoms with Crippen LogP contribution in [0.2, 0.25) is 0 Å². The van der Waals surface area contributed by atoms with Crippen LogP contribution < -0.4 is 0 Å². The van der Waals surface area contributed by atoms with Gasteiger partial charge in [0, 0.05) is 19.3 Å². The normalized spacial score (nSPS) is 39.1. The van der Waals surface area contributed by atoms with E-state index in [1.54, 1.807) is 0 Å². The number of rotatable bonds is 5. The molecule has 7 nitrogen and oxygen atoms in total. The topological polar surface area (TPSA) is 99.1 Å². The average molecular weight is 435 g/mol. The van der Waals surface area contributed by atoms with Crippen LogP contribution in [0.5, 0.6) is 0 Å². The molecule has 0 bridgehead atoms. The van der Waals surface area contributed by atoms with Crippen molar-refractivity contribution in [3.05, 3.63) is 23.8 Å². The van der Waals surface area contributed by atoms with Gasteiger partial charge in [-0.1, -0.05) is 32.1 Å². The first-order chi connectivity index (χ1) is 14.5. The van der Waals surface area contributed by atoms with E-state index in [0.29, 0.717) is 18.4 Å². The van der Waals surface area contributed by atoms with Crippen molar-refractivity contribution in [2.24, 2.45) is 22.7 Å². The summed E-state index contributed by atoms with van der Waals surface area (Å²) in [5.41, 5.74) is 0.793. The van der Waals surface area contributed by atoms with E-state index in [9.17, 15) is 19.5 Å². The first-order valence-electron chi connectivity index (χ1n) is 11.0. The molecule has 31 heavy (non-hydrogen) atoms. The van der Waals surface area contributed by atoms with Gasteiger partial charge < -0.3 is 19.3 Å². The van der Waals surface area contributed by atoms with Crippen molar-refractivity contribution in [2.75, 3.05) is 13.2 Å². The summed E-state index contributed by atoms with van der Waals surface area (Å²) in [6.45, 7) is 11.5. The second-order valence-electron chi connectivity index (χ2n) is 9.74. The molecule has 1 aliphatic heterocycles. The molecule has 1 saturated heterocycles. The van der Waals surface area contributed by atoms with Crippen LogP contribution in [0.15, 0.2) is 23.8 Å². The first kappa shape index (κ1) is 23.5. The number of hydrogen-bond donors (Lipinski definition) is 1. The van der Waals surface area contributed by atoms with Crippen molar-refractivity contribution >= 4 is 17.9 Å². The maximum atomic E-state index is 12.2. The molecule has 3 fully saturated rings. The summed E-state index contributed by atoms with van der Waals surface area (Å²) >= 11 is 0. The summed E-state index contributed by atoms with van der Waals surface area (Å²) in [4.78, 5) is 35.0. The third kappa shape index (κ3) is 4.43. The molecule has 6 atom stereocenters. The van der Waals surface area contributed by atoms with Crippen LogP contribution in [0.3, 0.4) is 0 Å². The second kappa shape index (κ2) is 8.77. The lowest BCUT2D eigenvalue weighted by Gasteiger charge is -2.60. The van der Waals surface area contributed by atoms with Crippen molar-refractivity contribution in [1.29, 1.82) is 0 Å². The Kier molecular flexibility index (Phi) is 6.65. The van der Waals surface area contributed by atoms with E-state index in [2.05, 4.69) is 13.5 Å². The van der Waals surface area contributed by atoms with E-state index in [0.717, 1.165) is 24.8 Å². The Morgan fingerprint density at radius 2 is 1.97 bits per heavy atom. The average Bonchev–Trinajstić information content (AvgIpc) is 3.02. The number of fused-ring (bicyclic) bond motifs is 1. The molecule has 0 amide bonds. The van der Waals surface area contributed by atoms with Gasteiger partial charge in [-0.3, -0.25) is 9.59 Å². The Morgan fingerprint density at radius 1 is 1.26 bits per heavy atom. The van der Waals surface area contributed by atoms with Crippen molar-refractivity contribution in [2.45, 2.75) is 72.0 Å². The predicted molar refractivity (Wildman–Crippen MR) is 113 cm³/mol. The van der Waals surface area contributed by atoms with Crippen LogP contribution in [-0.2, 0) is 28.6 Å². The van der Waals surface area contributed by atoms with Crippen molar-refractivity contribution < 1.29 is 33.7 Å². The lowest BCUT2D eigenvalue weighted by atomic mass is 9.46. The molecule has 0 aromatic rings. The minimum Gasteiger partial charge on any atom is -0.465 e. The molecule has 2 aliphatic carbocycles. The number of carbonyl (C=O) groups excluding carboxylic acids is 3. The van der Waals surface area contributed by atoms with E-state index < -0.39 is 29.6 Å². The quantitative estimate of drug-likeness (QED) is 0.307. The highest BCUT2D eigenvalue weighted by Gasteiger charge is 2.58. The van der Waals surface area contributed by atoms with Gasteiger partial charge >= 0.3 is 17.9 Å². The lowest BCUT2D eigenvalue weighted by molar-refractivity contribution is -0.172. The molecule has 3 aliphatic rings. The van der Waals surface area contributed by atoms with Gasteiger partial charge in [0.25, 0.3) is 0 Å². The fraction of sp³-hybridized carbons (Fsp3) is 0.708. The van der Waals surface area contributed by atoms with Crippen molar-refractivity contribution in [3.63, 3.8) is 0 Å². The molecule has 1 heterocycles. The molecule has 3 rings (SSSR count). The monoisotopic (exact) mass is 434 g/mol. The molecule has 1 N–H and O–H groups in total. The van der Waals surface area contributed by atoms with E-state index in [4.69, 9.17) is 14.2 Å². The Morgan fingerprint density at radius 3 is 2.61 bits per heavy atom. The van der Waals surface area contributed by atoms with E-state index in [1.165, 1.54) is 13.8 Å². The van der Waals surface area contributed by atoms with Crippen LogP contribution in [0.4, 0.5) is 0 Å². The minimum atomic E-state index is -0.673. The smallest absolute Gasteiger partial charge is 0.337 e. The van der Waals surface area contributed by atoms with Crippen LogP contribution in [0.25, 0.3) is 0 Å². The zero-order valence-electron chi connectivity index (χ0n) is 18.9. The van der Waals surface area contributed by atoms with Gasteiger partial charge in [0.2, 0.25) is 0 Å². The number of ether oxygens (including phenoxy) is 3. The highest BCUT2D eigenvalue weighted by Crippen LogP contribution is 2.62. The Bertz CT molecular complexity index is 800. The zero-order chi connectivity index (χ0) is 23.0. The van der Waals surface area contributed by atoms with Gasteiger partial charge in [-0.25, -0.2) is 4.79 Å². The largest absolute Gasteiger partial charge is 0.465 e. The van der Waals surface area contributed by atoms with Crippen LogP contribution >= 0.6 is 0 Å². The lowest BCUT2D eigenvalue weighted by Crippen LogP contribution is -2.57. The molecule has 0 radical (unpaired) electrons. The molecular weight excluding hydrogens is 400 g/mol. The Hall–Kier alpha value is -2.15. The van der Waals surface area contributed by atoms with E-state index in [-0.39, 0.29) is 36.4 Å². The maximum Gasteiger partial charge on any atom is 0.337 e. The van der Waals surface area contributed by atoms with Gasteiger partial charge in [-0.05, 0) is 49.4 Å². The number of aliphatic hydroxyl groups is 1. The van der Waals surface area contributed by atoms with Gasteiger partial charge in [-0.15, -0.1) is 0 Å². The second-order valence-corrected chi connectivity index (χ2v) is 9.74. The standard InChI is InChI=1S/C24H34O7/c1-14-6-9-20-23(4,11-10-21(27)24(20,5)13-30-15(2)25)18(14)8-7-17-19(31-16(3)26)12-29-22(17)28/h7,18-21,27H,1,6,8-13H2,2-5H3/b17-7+. The fourth-order valence-electron chi connectivity index (χ4n) is 6.09. The summed E-state index contributed by atoms with van der Waals surface area (Å²) in [5, 5.41) is 10.9. The van der Waals surface area contributed by atoms with Crippen molar-refractivity contribution in [1.82, 2.24) is 0 Å². The van der Waals surface area contributed by atoms with Crippen LogP contribution in [0.1, 0.15) is 59.8 Å². The van der Waals surface area contributed by atoms with Gasteiger partial charge in [0.15, 0.2) is 6.10 Å². The number of carbonyl (C=O) groups is 3. The molecule has 172 valence electrons. The number of allylic oxidation sites excluding steroid dienone is 2. The number of cyclic esters (lactones) is 1. The number of hydrogen-bond acceptors (Lipinski definition) is 7. The zero-order valence-corrected chi connectivity index (χ0v) is 18.9. The Labute approximate surface area is 183 Å². The summed E-state index contributed by atoms with van der Waals surface area (Å²) in [6, 6.07) is 0. The molecular formula is C24H34O7. The molecule has 0 aromatic heterocycles. The molecule has 0 spiro atoms. The molecule has 0 aromatic carbocycles. The third-order valence-corrected chi connectivity index (χ3v) is 7.77. The highest BCUT2D eigenvalue weighted by molar-refractivity contribution is 5.92. The summed E-state index contributed by atoms with van der Waals surface area (Å²) in [7, 11) is 0. The minimum absolute atomic E-state index is 0.0440. The van der Waals surface area contributed by atoms with E-state index in [1.807, 2.05) is 13.0 Å². The molecule has 7 heteroatoms. The summed E-state index contributed by atoms with van der Waals surface area (Å²) < 4.78 is 15.7. The van der Waals surface area contributed by atoms with Crippen LogP contribution in [0, 0.1) is 22.7 Å². The SMILES string of the molecule is C=C1CCC2C(C)(COC(C)=O)C(O)CCC2(C)C1C/C=C1/C(=O)OCC1OC(C)=O.